The molecule has 0 amide bonds. The summed E-state index contributed by atoms with van der Waals surface area (Å²) in [6.07, 6.45) is 0. The smallest absolute Gasteiger partial charge is 0.659 e. The maximum Gasteiger partial charge on any atom is 2.00 e. The average molecular weight is 625 g/mol. The number of allylic oxidation sites excluding steroid dienone is 7. The van der Waals surface area contributed by atoms with Gasteiger partial charge in [0, 0.05) is 5.57 Å². The van der Waals surface area contributed by atoms with Gasteiger partial charge in [-0.25, -0.2) is 9.98 Å². The third-order valence-corrected chi connectivity index (χ3v) is 10.7. The monoisotopic (exact) mass is 624 g/mol. The zero-order chi connectivity index (χ0) is 31.4. The molecule has 1 unspecified atom stereocenters. The van der Waals surface area contributed by atoms with E-state index >= 15 is 0 Å². The van der Waals surface area contributed by atoms with E-state index < -0.39 is 0 Å². The summed E-state index contributed by atoms with van der Waals surface area (Å²) in [4.78, 5) is 26.5. The zero-order valence-corrected chi connectivity index (χ0v) is 29.9. The molecular weight excluding hydrogens is 581 g/mol. The van der Waals surface area contributed by atoms with Crippen LogP contribution >= 0.6 is 0 Å². The third-order valence-electron chi connectivity index (χ3n) is 10.7. The third kappa shape index (κ3) is 4.29. The Kier molecular flexibility index (Phi) is 7.88. The molecule has 0 aliphatic carbocycles. The number of aliphatic imine (C=N–C) groups is 3. The standard InChI is InChI=1S/C38H43N5.Mn/c1-15-16(2)30-26(12)32-18(4)20(6)34(41-32)28(14)36-22(8)24(10)38(43-36)37-23(9)21(7)35(42-37)27(13)33-19(5)17(3)31(40-33)25(11)29(15)39-30;/h37H,1-14H3;/q-2;+2/b29-25-,30-26-,33-27-,34-28-;. The van der Waals surface area contributed by atoms with Crippen LogP contribution in [0.2, 0.25) is 0 Å². The van der Waals surface area contributed by atoms with Crippen molar-refractivity contribution in [3.8, 4) is 0 Å². The first kappa shape index (κ1) is 31.9. The van der Waals surface area contributed by atoms with Crippen LogP contribution in [0.3, 0.4) is 0 Å². The van der Waals surface area contributed by atoms with Gasteiger partial charge in [-0.15, -0.1) is 22.1 Å². The van der Waals surface area contributed by atoms with Gasteiger partial charge in [0.05, 0.1) is 34.6 Å². The fourth-order valence-electron chi connectivity index (χ4n) is 7.19. The molecule has 0 fully saturated rings. The van der Waals surface area contributed by atoms with Crippen LogP contribution in [0.4, 0.5) is 0 Å². The van der Waals surface area contributed by atoms with Crippen LogP contribution in [0.25, 0.3) is 16.7 Å². The molecule has 0 saturated carbocycles. The molecule has 4 aliphatic rings. The van der Waals surface area contributed by atoms with Crippen molar-refractivity contribution in [1.82, 2.24) is 9.97 Å². The zero-order valence-electron chi connectivity index (χ0n) is 28.7. The van der Waals surface area contributed by atoms with Gasteiger partial charge in [-0.1, -0.05) is 22.3 Å². The summed E-state index contributed by atoms with van der Waals surface area (Å²) in [5.74, 6) is 0. The minimum absolute atomic E-state index is 0. The van der Waals surface area contributed by atoms with Gasteiger partial charge in [0.25, 0.3) is 0 Å². The SMILES string of the molecule is CC1=C(C)/C2=C(\C)C3=NC(C(C)=C3C)c3[n-]c(c(C)c3C)/C(C)=C3N=C(C(C)=C\3C)/C(C)=c3\[n-]/c(c(C)c3C)=C(/C)C1=N2.[Mn+2]. The Bertz CT molecular complexity index is 2090. The van der Waals surface area contributed by atoms with Crippen molar-refractivity contribution < 1.29 is 17.1 Å². The summed E-state index contributed by atoms with van der Waals surface area (Å²) in [6.45, 7) is 30.5. The van der Waals surface area contributed by atoms with Crippen LogP contribution in [0, 0.1) is 27.7 Å². The van der Waals surface area contributed by atoms with E-state index in [0.29, 0.717) is 0 Å². The summed E-state index contributed by atoms with van der Waals surface area (Å²) in [6, 6.07) is -0.102. The molecule has 0 N–H and O–H groups in total. The van der Waals surface area contributed by atoms with Crippen LogP contribution < -0.4 is 20.7 Å². The number of aromatic nitrogens is 2. The molecule has 0 aromatic carbocycles. The molecule has 2 aromatic rings. The number of nitrogens with zero attached hydrogens (tertiary/aromatic N) is 5. The molecule has 227 valence electrons. The second kappa shape index (κ2) is 10.9. The molecule has 6 heterocycles. The molecule has 10 bridgehead atoms. The molecule has 0 spiro atoms. The number of rotatable bonds is 0. The van der Waals surface area contributed by atoms with E-state index in [1.807, 2.05) is 0 Å². The summed E-state index contributed by atoms with van der Waals surface area (Å²) in [5.41, 5.74) is 23.7. The van der Waals surface area contributed by atoms with Gasteiger partial charge in [0.2, 0.25) is 0 Å². The van der Waals surface area contributed by atoms with Crippen LogP contribution in [0.1, 0.15) is 109 Å². The van der Waals surface area contributed by atoms with Gasteiger partial charge in [-0.3, -0.25) is 4.99 Å². The minimum atomic E-state index is -0.102. The van der Waals surface area contributed by atoms with E-state index in [2.05, 4.69) is 96.9 Å². The number of fused-ring (bicyclic) bond motifs is 8. The van der Waals surface area contributed by atoms with Gasteiger partial charge in [0.15, 0.2) is 0 Å². The first-order valence-corrected chi connectivity index (χ1v) is 15.3. The fourth-order valence-corrected chi connectivity index (χ4v) is 7.19. The Labute approximate surface area is 272 Å². The maximum atomic E-state index is 5.35. The van der Waals surface area contributed by atoms with Crippen molar-refractivity contribution >= 4 is 33.9 Å². The summed E-state index contributed by atoms with van der Waals surface area (Å²) in [5, 5.41) is 2.03. The average Bonchev–Trinajstić information content (AvgIpc) is 3.72. The van der Waals surface area contributed by atoms with Gasteiger partial charge in [-0.05, 0) is 147 Å². The van der Waals surface area contributed by atoms with Crippen LogP contribution in [-0.2, 0) is 17.1 Å². The Morgan fingerprint density at radius 1 is 0.432 bits per heavy atom. The Hall–Kier alpha value is -3.47. The van der Waals surface area contributed by atoms with Gasteiger partial charge < -0.3 is 9.97 Å². The van der Waals surface area contributed by atoms with E-state index in [1.54, 1.807) is 0 Å². The summed E-state index contributed by atoms with van der Waals surface area (Å²) in [7, 11) is 0. The summed E-state index contributed by atoms with van der Waals surface area (Å²) < 4.78 is 0. The van der Waals surface area contributed by atoms with E-state index in [-0.39, 0.29) is 23.1 Å². The normalized spacial score (nSPS) is 26.1. The van der Waals surface area contributed by atoms with Crippen molar-refractivity contribution in [2.45, 2.75) is 103 Å². The van der Waals surface area contributed by atoms with Gasteiger partial charge >= 0.3 is 17.1 Å². The predicted octanol–water partition coefficient (Wildman–Crippen LogP) is 7.31. The van der Waals surface area contributed by atoms with Crippen molar-refractivity contribution in [3.63, 3.8) is 0 Å². The van der Waals surface area contributed by atoms with Crippen molar-refractivity contribution in [1.29, 1.82) is 0 Å². The first-order valence-electron chi connectivity index (χ1n) is 15.3. The second-order valence-electron chi connectivity index (χ2n) is 13.0. The fraction of sp³-hybridized carbons (Fsp3) is 0.395. The quantitative estimate of drug-likeness (QED) is 0.289. The Morgan fingerprint density at radius 3 is 1.41 bits per heavy atom. The Morgan fingerprint density at radius 2 is 0.909 bits per heavy atom. The number of hydrogen-bond acceptors (Lipinski definition) is 3. The molecule has 0 saturated heterocycles. The van der Waals surface area contributed by atoms with E-state index in [1.165, 1.54) is 55.7 Å². The molecule has 6 rings (SSSR count). The predicted molar refractivity (Wildman–Crippen MR) is 181 cm³/mol. The largest absolute Gasteiger partial charge is 2.00 e. The van der Waals surface area contributed by atoms with Gasteiger partial charge in [0.1, 0.15) is 0 Å². The van der Waals surface area contributed by atoms with E-state index in [9.17, 15) is 0 Å². The van der Waals surface area contributed by atoms with Crippen LogP contribution in [0.5, 0.6) is 0 Å². The molecule has 4 aliphatic heterocycles. The molecular formula is C38H43MnN5. The van der Waals surface area contributed by atoms with E-state index in [4.69, 9.17) is 24.9 Å². The molecule has 5 nitrogen and oxygen atoms in total. The van der Waals surface area contributed by atoms with Crippen molar-refractivity contribution in [2.24, 2.45) is 15.0 Å². The molecule has 1 atom stereocenters. The topological polar surface area (TPSA) is 65.3 Å². The van der Waals surface area contributed by atoms with E-state index in [0.717, 1.165) is 72.9 Å². The maximum absolute atomic E-state index is 5.35. The minimum Gasteiger partial charge on any atom is -0.659 e. The second-order valence-corrected chi connectivity index (χ2v) is 13.0. The molecule has 6 heteroatoms. The van der Waals surface area contributed by atoms with Gasteiger partial charge in [-0.2, -0.15) is 0 Å². The molecule has 1 radical (unpaired) electrons. The Balaban J connectivity index is 0.00000384. The van der Waals surface area contributed by atoms with Crippen molar-refractivity contribution in [3.05, 3.63) is 94.7 Å². The number of hydrogen-bond donors (Lipinski definition) is 0. The molecule has 2 aromatic heterocycles. The summed E-state index contributed by atoms with van der Waals surface area (Å²) >= 11 is 0. The van der Waals surface area contributed by atoms with Crippen LogP contribution in [-0.4, -0.2) is 17.1 Å². The van der Waals surface area contributed by atoms with Crippen molar-refractivity contribution in [2.75, 3.05) is 0 Å². The van der Waals surface area contributed by atoms with Crippen LogP contribution in [0.15, 0.2) is 65.4 Å². The first-order chi connectivity index (χ1) is 20.2. The molecule has 44 heavy (non-hydrogen) atoms.